The molecule has 6 heteroatoms. The van der Waals surface area contributed by atoms with Crippen LogP contribution in [0.5, 0.6) is 17.2 Å². The van der Waals surface area contributed by atoms with Crippen LogP contribution in [-0.4, -0.2) is 24.9 Å². The summed E-state index contributed by atoms with van der Waals surface area (Å²) in [5.41, 5.74) is 3.87. The average Bonchev–Trinajstić information content (AvgIpc) is 3.00. The number of benzene rings is 3. The molecule has 4 rings (SSSR count). The van der Waals surface area contributed by atoms with Gasteiger partial charge in [-0.1, -0.05) is 11.6 Å². The van der Waals surface area contributed by atoms with Crippen molar-refractivity contribution < 1.29 is 15.3 Å². The average molecular weight is 393 g/mol. The Bertz CT molecular complexity index is 1150. The van der Waals surface area contributed by atoms with Crippen molar-refractivity contribution in [1.29, 1.82) is 0 Å². The number of rotatable bonds is 3. The van der Waals surface area contributed by atoms with Crippen molar-refractivity contribution >= 4 is 11.6 Å². The Labute approximate surface area is 166 Å². The lowest BCUT2D eigenvalue weighted by atomic mass is 10.1. The number of hydrogen-bond acceptors (Lipinski definition) is 4. The van der Waals surface area contributed by atoms with Crippen LogP contribution in [0.15, 0.2) is 66.7 Å². The van der Waals surface area contributed by atoms with Crippen LogP contribution in [0, 0.1) is 6.92 Å². The van der Waals surface area contributed by atoms with Crippen LogP contribution in [0.1, 0.15) is 5.69 Å². The molecule has 1 heterocycles. The highest BCUT2D eigenvalue weighted by atomic mass is 35.5. The van der Waals surface area contributed by atoms with Gasteiger partial charge in [0.1, 0.15) is 23.1 Å². The van der Waals surface area contributed by atoms with Crippen molar-refractivity contribution in [3.05, 3.63) is 77.4 Å². The predicted molar refractivity (Wildman–Crippen MR) is 109 cm³/mol. The van der Waals surface area contributed by atoms with E-state index in [9.17, 15) is 15.3 Å². The molecule has 1 aromatic heterocycles. The topological polar surface area (TPSA) is 78.5 Å². The van der Waals surface area contributed by atoms with Crippen molar-refractivity contribution in [3.8, 4) is 45.6 Å². The molecule has 0 aliphatic rings. The number of halogens is 1. The minimum absolute atomic E-state index is 0.0862. The first-order chi connectivity index (χ1) is 13.4. The minimum atomic E-state index is 0.0862. The minimum Gasteiger partial charge on any atom is -0.508 e. The maximum atomic E-state index is 9.66. The summed E-state index contributed by atoms with van der Waals surface area (Å²) in [6, 6.07) is 18.4. The smallest absolute Gasteiger partial charge is 0.145 e. The maximum absolute atomic E-state index is 9.66. The Hall–Kier alpha value is -3.44. The van der Waals surface area contributed by atoms with E-state index in [1.54, 1.807) is 60.7 Å². The highest BCUT2D eigenvalue weighted by molar-refractivity contribution is 6.33. The molecular weight excluding hydrogens is 376 g/mol. The van der Waals surface area contributed by atoms with Gasteiger partial charge in [-0.15, -0.1) is 0 Å². The van der Waals surface area contributed by atoms with Gasteiger partial charge in [-0.3, -0.25) is 4.57 Å². The summed E-state index contributed by atoms with van der Waals surface area (Å²) in [6.07, 6.45) is 0. The molecule has 28 heavy (non-hydrogen) atoms. The molecule has 0 amide bonds. The molecule has 0 atom stereocenters. The SMILES string of the molecule is Cc1c(-c2ccc(O)cc2Cl)nc(-c2ccc(O)cc2)n1-c1ccc(O)cc1. The lowest BCUT2D eigenvalue weighted by Crippen LogP contribution is -1.99. The summed E-state index contributed by atoms with van der Waals surface area (Å²) in [5, 5.41) is 29.3. The number of phenols is 3. The van der Waals surface area contributed by atoms with Crippen molar-refractivity contribution in [2.45, 2.75) is 6.92 Å². The summed E-state index contributed by atoms with van der Waals surface area (Å²) < 4.78 is 1.96. The zero-order chi connectivity index (χ0) is 19.8. The van der Waals surface area contributed by atoms with E-state index in [1.807, 2.05) is 11.5 Å². The van der Waals surface area contributed by atoms with E-state index in [0.29, 0.717) is 22.1 Å². The third kappa shape index (κ3) is 3.17. The zero-order valence-electron chi connectivity index (χ0n) is 15.0. The van der Waals surface area contributed by atoms with Crippen LogP contribution >= 0.6 is 11.6 Å². The van der Waals surface area contributed by atoms with Gasteiger partial charge in [0.2, 0.25) is 0 Å². The van der Waals surface area contributed by atoms with E-state index >= 15 is 0 Å². The number of aromatic hydroxyl groups is 3. The summed E-state index contributed by atoms with van der Waals surface area (Å²) in [4.78, 5) is 4.82. The molecule has 5 nitrogen and oxygen atoms in total. The molecule has 0 saturated carbocycles. The third-order valence-corrected chi connectivity index (χ3v) is 4.86. The fourth-order valence-corrected chi connectivity index (χ4v) is 3.44. The highest BCUT2D eigenvalue weighted by Gasteiger charge is 2.20. The van der Waals surface area contributed by atoms with Gasteiger partial charge in [0.05, 0.1) is 10.7 Å². The Morgan fingerprint density at radius 1 is 0.786 bits per heavy atom. The predicted octanol–water partition coefficient (Wildman–Crippen LogP) is 5.28. The Morgan fingerprint density at radius 3 is 1.96 bits per heavy atom. The van der Waals surface area contributed by atoms with Gasteiger partial charge < -0.3 is 15.3 Å². The van der Waals surface area contributed by atoms with Gasteiger partial charge in [-0.2, -0.15) is 0 Å². The number of imidazole rings is 1. The molecule has 0 bridgehead atoms. The van der Waals surface area contributed by atoms with E-state index in [-0.39, 0.29) is 17.2 Å². The first kappa shape index (κ1) is 17.9. The van der Waals surface area contributed by atoms with Crippen molar-refractivity contribution in [2.75, 3.05) is 0 Å². The number of nitrogens with zero attached hydrogens (tertiary/aromatic N) is 2. The molecule has 0 spiro atoms. The molecule has 0 radical (unpaired) electrons. The van der Waals surface area contributed by atoms with Crippen LogP contribution in [0.25, 0.3) is 28.3 Å². The second-order valence-corrected chi connectivity index (χ2v) is 6.84. The van der Waals surface area contributed by atoms with E-state index in [0.717, 1.165) is 16.9 Å². The summed E-state index contributed by atoms with van der Waals surface area (Å²) >= 11 is 6.36. The summed E-state index contributed by atoms with van der Waals surface area (Å²) in [5.74, 6) is 1.10. The van der Waals surface area contributed by atoms with E-state index in [2.05, 4.69) is 0 Å². The van der Waals surface area contributed by atoms with Gasteiger partial charge in [-0.05, 0) is 73.7 Å². The zero-order valence-corrected chi connectivity index (χ0v) is 15.7. The summed E-state index contributed by atoms with van der Waals surface area (Å²) in [6.45, 7) is 1.93. The van der Waals surface area contributed by atoms with Crippen LogP contribution in [-0.2, 0) is 0 Å². The standard InChI is InChI=1S/C22H17ClN2O3/c1-13-21(19-11-10-18(28)12-20(19)23)24-22(14-2-6-16(26)7-3-14)25(13)15-4-8-17(27)9-5-15/h2-12,26-28H,1H3. The fourth-order valence-electron chi connectivity index (χ4n) is 3.17. The first-order valence-corrected chi connectivity index (χ1v) is 8.99. The van der Waals surface area contributed by atoms with Crippen LogP contribution in [0.4, 0.5) is 0 Å². The molecule has 0 saturated heterocycles. The van der Waals surface area contributed by atoms with Crippen LogP contribution in [0.3, 0.4) is 0 Å². The molecule has 4 aromatic rings. The molecule has 3 aromatic carbocycles. The first-order valence-electron chi connectivity index (χ1n) is 8.61. The molecular formula is C22H17ClN2O3. The normalized spacial score (nSPS) is 10.9. The monoisotopic (exact) mass is 392 g/mol. The number of hydrogen-bond donors (Lipinski definition) is 3. The molecule has 0 aliphatic heterocycles. The quantitative estimate of drug-likeness (QED) is 0.443. The van der Waals surface area contributed by atoms with E-state index < -0.39 is 0 Å². The van der Waals surface area contributed by atoms with Crippen LogP contribution in [0.2, 0.25) is 5.02 Å². The highest BCUT2D eigenvalue weighted by Crippen LogP contribution is 2.36. The Morgan fingerprint density at radius 2 is 1.36 bits per heavy atom. The lowest BCUT2D eigenvalue weighted by Gasteiger charge is -2.11. The maximum Gasteiger partial charge on any atom is 0.145 e. The second-order valence-electron chi connectivity index (χ2n) is 6.43. The fraction of sp³-hybridized carbons (Fsp3) is 0.0455. The molecule has 140 valence electrons. The van der Waals surface area contributed by atoms with Crippen molar-refractivity contribution in [1.82, 2.24) is 9.55 Å². The Kier molecular flexibility index (Phi) is 4.45. The molecule has 3 N–H and O–H groups in total. The van der Waals surface area contributed by atoms with Crippen LogP contribution < -0.4 is 0 Å². The number of phenolic OH excluding ortho intramolecular Hbond substituents is 3. The van der Waals surface area contributed by atoms with Gasteiger partial charge in [0, 0.05) is 22.5 Å². The molecule has 0 aliphatic carbocycles. The number of aromatic nitrogens is 2. The largest absolute Gasteiger partial charge is 0.508 e. The van der Waals surface area contributed by atoms with Gasteiger partial charge in [-0.25, -0.2) is 4.98 Å². The summed E-state index contributed by atoms with van der Waals surface area (Å²) in [7, 11) is 0. The van der Waals surface area contributed by atoms with Gasteiger partial charge in [0.25, 0.3) is 0 Å². The van der Waals surface area contributed by atoms with Crippen molar-refractivity contribution in [3.63, 3.8) is 0 Å². The Balaban J connectivity index is 1.98. The van der Waals surface area contributed by atoms with Gasteiger partial charge >= 0.3 is 0 Å². The van der Waals surface area contributed by atoms with E-state index in [4.69, 9.17) is 16.6 Å². The van der Waals surface area contributed by atoms with Crippen molar-refractivity contribution in [2.24, 2.45) is 0 Å². The third-order valence-electron chi connectivity index (χ3n) is 4.55. The molecule has 0 unspecified atom stereocenters. The second kappa shape index (κ2) is 6.94. The van der Waals surface area contributed by atoms with E-state index in [1.165, 1.54) is 6.07 Å². The van der Waals surface area contributed by atoms with Gasteiger partial charge in [0.15, 0.2) is 0 Å². The molecule has 0 fully saturated rings. The lowest BCUT2D eigenvalue weighted by molar-refractivity contribution is 0.474.